The van der Waals surface area contributed by atoms with Crippen molar-refractivity contribution in [3.63, 3.8) is 0 Å². The van der Waals surface area contributed by atoms with Crippen molar-refractivity contribution in [1.82, 2.24) is 9.97 Å². The van der Waals surface area contributed by atoms with Crippen molar-refractivity contribution in [3.8, 4) is 12.1 Å². The fourth-order valence-electron chi connectivity index (χ4n) is 3.38. The highest BCUT2D eigenvalue weighted by atomic mass is 35.5. The smallest absolute Gasteiger partial charge is 0.178 e. The molecule has 1 aliphatic heterocycles. The van der Waals surface area contributed by atoms with E-state index < -0.39 is 0 Å². The summed E-state index contributed by atoms with van der Waals surface area (Å²) in [5.74, 6) is 0. The molecule has 6 heteroatoms. The first-order chi connectivity index (χ1) is 10.9. The molecule has 23 heavy (non-hydrogen) atoms. The first-order valence-electron chi connectivity index (χ1n) is 7.11. The Hall–Kier alpha value is -2.63. The molecule has 3 rings (SSSR count). The molecule has 0 aliphatic carbocycles. The summed E-state index contributed by atoms with van der Waals surface area (Å²) in [5, 5.41) is 18.4. The summed E-state index contributed by atoms with van der Waals surface area (Å²) in [6.45, 7) is 4.23. The van der Waals surface area contributed by atoms with Gasteiger partial charge in [-0.1, -0.05) is 43.6 Å². The number of fused-ring (bicyclic) bond motifs is 1. The lowest BCUT2D eigenvalue weighted by Crippen LogP contribution is -2.32. The molecule has 1 aromatic carbocycles. The number of nitriles is 2. The molecule has 0 N–H and O–H groups in total. The molecule has 1 aromatic heterocycles. The van der Waals surface area contributed by atoms with E-state index in [0.29, 0.717) is 5.69 Å². The number of benzene rings is 1. The zero-order chi connectivity index (χ0) is 16.8. The van der Waals surface area contributed by atoms with E-state index in [4.69, 9.17) is 16.9 Å². The Morgan fingerprint density at radius 1 is 1.13 bits per heavy atom. The molecule has 0 spiro atoms. The van der Waals surface area contributed by atoms with Crippen molar-refractivity contribution in [2.24, 2.45) is 0 Å². The third-order valence-electron chi connectivity index (χ3n) is 4.40. The van der Waals surface area contributed by atoms with Gasteiger partial charge in [0.15, 0.2) is 16.5 Å². The minimum atomic E-state index is -0.259. The van der Waals surface area contributed by atoms with Gasteiger partial charge in [-0.15, -0.1) is 0 Å². The quantitative estimate of drug-likeness (QED) is 0.804. The molecule has 0 fully saturated rings. The van der Waals surface area contributed by atoms with Gasteiger partial charge in [-0.2, -0.15) is 10.5 Å². The van der Waals surface area contributed by atoms with Gasteiger partial charge in [-0.3, -0.25) is 0 Å². The van der Waals surface area contributed by atoms with Crippen LogP contribution in [0.3, 0.4) is 0 Å². The molecular weight excluding hydrogens is 310 g/mol. The van der Waals surface area contributed by atoms with Gasteiger partial charge in [-0.05, 0) is 11.6 Å². The summed E-state index contributed by atoms with van der Waals surface area (Å²) in [7, 11) is 1.97. The summed E-state index contributed by atoms with van der Waals surface area (Å²) in [6, 6.07) is 11.7. The summed E-state index contributed by atoms with van der Waals surface area (Å²) < 4.78 is 0. The van der Waals surface area contributed by atoms with Crippen LogP contribution in [0.2, 0.25) is 5.15 Å². The topological polar surface area (TPSA) is 76.6 Å². The van der Waals surface area contributed by atoms with E-state index in [1.54, 1.807) is 0 Å². The Kier molecular flexibility index (Phi) is 3.47. The van der Waals surface area contributed by atoms with E-state index >= 15 is 0 Å². The van der Waals surface area contributed by atoms with Crippen LogP contribution in [0.4, 0.5) is 5.69 Å². The molecule has 2 heterocycles. The molecule has 0 bridgehead atoms. The third-order valence-corrected chi connectivity index (χ3v) is 4.68. The number of para-hydroxylation sites is 1. The second kappa shape index (κ2) is 5.22. The van der Waals surface area contributed by atoms with Gasteiger partial charge in [0.05, 0.1) is 6.04 Å². The predicted molar refractivity (Wildman–Crippen MR) is 87.1 cm³/mol. The van der Waals surface area contributed by atoms with Crippen LogP contribution < -0.4 is 4.90 Å². The van der Waals surface area contributed by atoms with Gasteiger partial charge < -0.3 is 4.90 Å². The van der Waals surface area contributed by atoms with E-state index in [0.717, 1.165) is 5.69 Å². The van der Waals surface area contributed by atoms with Crippen LogP contribution in [0.25, 0.3) is 0 Å². The Labute approximate surface area is 139 Å². The highest BCUT2D eigenvalue weighted by molar-refractivity contribution is 6.30. The second-order valence-electron chi connectivity index (χ2n) is 6.07. The van der Waals surface area contributed by atoms with Gasteiger partial charge in [-0.25, -0.2) is 9.97 Å². The Morgan fingerprint density at radius 2 is 1.74 bits per heavy atom. The summed E-state index contributed by atoms with van der Waals surface area (Å²) >= 11 is 6.29. The lowest BCUT2D eigenvalue weighted by Gasteiger charge is -2.32. The van der Waals surface area contributed by atoms with E-state index in [1.165, 1.54) is 5.56 Å². The molecule has 0 saturated heterocycles. The normalized spacial score (nSPS) is 18.2. The number of aromatic nitrogens is 2. The van der Waals surface area contributed by atoms with Crippen LogP contribution >= 0.6 is 11.6 Å². The van der Waals surface area contributed by atoms with Crippen LogP contribution in [0.15, 0.2) is 24.3 Å². The molecule has 2 aromatic rings. The van der Waals surface area contributed by atoms with Gasteiger partial charge in [0.2, 0.25) is 0 Å². The van der Waals surface area contributed by atoms with Gasteiger partial charge in [0.25, 0.3) is 0 Å². The number of anilines is 1. The van der Waals surface area contributed by atoms with Crippen molar-refractivity contribution >= 4 is 17.3 Å². The largest absolute Gasteiger partial charge is 0.365 e. The molecule has 1 atom stereocenters. The fourth-order valence-corrected chi connectivity index (χ4v) is 3.61. The van der Waals surface area contributed by atoms with E-state index in [2.05, 4.69) is 34.8 Å². The van der Waals surface area contributed by atoms with Gasteiger partial charge >= 0.3 is 0 Å². The zero-order valence-corrected chi connectivity index (χ0v) is 13.8. The first-order valence-corrected chi connectivity index (χ1v) is 7.49. The van der Waals surface area contributed by atoms with Crippen LogP contribution in [-0.2, 0) is 5.41 Å². The molecule has 0 saturated carbocycles. The maximum Gasteiger partial charge on any atom is 0.178 e. The number of hydrogen-bond acceptors (Lipinski definition) is 5. The van der Waals surface area contributed by atoms with Crippen molar-refractivity contribution in [1.29, 1.82) is 10.5 Å². The average Bonchev–Trinajstić information content (AvgIpc) is 2.75. The monoisotopic (exact) mass is 323 g/mol. The van der Waals surface area contributed by atoms with Crippen LogP contribution in [0.5, 0.6) is 0 Å². The minimum Gasteiger partial charge on any atom is -0.365 e. The SMILES string of the molecule is CN1c2ccccc2C(C)(C)C1c1nc(C#N)c(C#N)nc1Cl. The summed E-state index contributed by atoms with van der Waals surface area (Å²) in [5.41, 5.74) is 2.51. The Balaban J connectivity index is 2.21. The van der Waals surface area contributed by atoms with Crippen LogP contribution in [0, 0.1) is 22.7 Å². The Morgan fingerprint density at radius 3 is 2.35 bits per heavy atom. The first kappa shape index (κ1) is 15.3. The predicted octanol–water partition coefficient (Wildman–Crippen LogP) is 3.34. The van der Waals surface area contributed by atoms with E-state index in [-0.39, 0.29) is 28.0 Å². The maximum atomic E-state index is 9.22. The van der Waals surface area contributed by atoms with Crippen molar-refractivity contribution in [2.45, 2.75) is 25.3 Å². The number of likely N-dealkylation sites (N-methyl/N-ethyl adjacent to an activating group) is 1. The van der Waals surface area contributed by atoms with Gasteiger partial charge in [0.1, 0.15) is 17.8 Å². The lowest BCUT2D eigenvalue weighted by atomic mass is 9.79. The third kappa shape index (κ3) is 2.13. The number of nitrogens with zero attached hydrogens (tertiary/aromatic N) is 5. The Bertz CT molecular complexity index is 876. The number of hydrogen-bond donors (Lipinski definition) is 0. The molecule has 114 valence electrons. The fraction of sp³-hybridized carbons (Fsp3) is 0.294. The standard InChI is InChI=1S/C17H14ClN5/c1-17(2)10-6-4-5-7-13(10)23(3)15(17)14-16(18)22-12(9-20)11(8-19)21-14/h4-7,15H,1-3H3. The molecule has 1 unspecified atom stereocenters. The second-order valence-corrected chi connectivity index (χ2v) is 6.43. The highest BCUT2D eigenvalue weighted by Crippen LogP contribution is 2.52. The zero-order valence-electron chi connectivity index (χ0n) is 13.0. The minimum absolute atomic E-state index is 0.00653. The van der Waals surface area contributed by atoms with Crippen LogP contribution in [-0.4, -0.2) is 17.0 Å². The van der Waals surface area contributed by atoms with Gasteiger partial charge in [0, 0.05) is 18.2 Å². The van der Waals surface area contributed by atoms with Crippen molar-refractivity contribution in [3.05, 3.63) is 52.1 Å². The molecule has 0 radical (unpaired) electrons. The molecule has 0 amide bonds. The lowest BCUT2D eigenvalue weighted by molar-refractivity contribution is 0.431. The number of rotatable bonds is 1. The molecule has 1 aliphatic rings. The maximum absolute atomic E-state index is 9.22. The van der Waals surface area contributed by atoms with E-state index in [9.17, 15) is 5.26 Å². The molecular formula is C17H14ClN5. The summed E-state index contributed by atoms with van der Waals surface area (Å²) in [4.78, 5) is 10.5. The molecule has 5 nitrogen and oxygen atoms in total. The van der Waals surface area contributed by atoms with E-state index in [1.807, 2.05) is 37.4 Å². The van der Waals surface area contributed by atoms with Crippen LogP contribution in [0.1, 0.15) is 42.5 Å². The summed E-state index contributed by atoms with van der Waals surface area (Å²) in [6.07, 6.45) is 0. The highest BCUT2D eigenvalue weighted by Gasteiger charge is 2.45. The van der Waals surface area contributed by atoms with Crippen molar-refractivity contribution in [2.75, 3.05) is 11.9 Å². The average molecular weight is 324 g/mol. The number of halogens is 1. The van der Waals surface area contributed by atoms with Crippen molar-refractivity contribution < 1.29 is 0 Å².